The molecular weight excluding hydrogens is 477 g/mol. The molecule has 4 aromatic rings. The molecule has 0 atom stereocenters. The smallest absolute Gasteiger partial charge is 0.343 e. The predicted octanol–water partition coefficient (Wildman–Crippen LogP) is 6.09. The molecule has 0 unspecified atom stereocenters. The van der Waals surface area contributed by atoms with Gasteiger partial charge in [0.15, 0.2) is 11.6 Å². The molecule has 0 bridgehead atoms. The van der Waals surface area contributed by atoms with Crippen LogP contribution in [0.2, 0.25) is 5.02 Å². The third kappa shape index (κ3) is 5.11. The minimum atomic E-state index is -4.14. The van der Waals surface area contributed by atoms with Crippen molar-refractivity contribution in [3.05, 3.63) is 125 Å². The number of rotatable bonds is 7. The maximum atomic E-state index is 13.9. The van der Waals surface area contributed by atoms with Gasteiger partial charge in [-0.05, 0) is 48.0 Å². The molecule has 0 aromatic heterocycles. The van der Waals surface area contributed by atoms with Gasteiger partial charge >= 0.3 is 5.97 Å². The molecule has 0 heterocycles. The summed E-state index contributed by atoms with van der Waals surface area (Å²) in [4.78, 5) is 12.5. The summed E-state index contributed by atoms with van der Waals surface area (Å²) in [5, 5.41) is 0.261. The second kappa shape index (κ2) is 10.1. The van der Waals surface area contributed by atoms with E-state index in [1.165, 1.54) is 46.8 Å². The van der Waals surface area contributed by atoms with Crippen molar-refractivity contribution in [2.45, 2.75) is 11.4 Å². The van der Waals surface area contributed by atoms with Crippen LogP contribution in [0.15, 0.2) is 108 Å². The van der Waals surface area contributed by atoms with Crippen molar-refractivity contribution in [3.63, 3.8) is 0 Å². The Balaban J connectivity index is 1.71. The largest absolute Gasteiger partial charge is 0.420 e. The molecule has 5 nitrogen and oxygen atoms in total. The van der Waals surface area contributed by atoms with Crippen molar-refractivity contribution < 1.29 is 22.3 Å². The average molecular weight is 496 g/mol. The number of nitrogens with zero attached hydrogens (tertiary/aromatic N) is 1. The number of hydrogen-bond donors (Lipinski definition) is 0. The Morgan fingerprint density at radius 1 is 0.853 bits per heavy atom. The van der Waals surface area contributed by atoms with Crippen molar-refractivity contribution in [3.8, 4) is 5.75 Å². The maximum Gasteiger partial charge on any atom is 0.343 e. The van der Waals surface area contributed by atoms with Gasteiger partial charge in [0, 0.05) is 0 Å². The third-order valence-electron chi connectivity index (χ3n) is 4.99. The van der Waals surface area contributed by atoms with Crippen LogP contribution in [0, 0.1) is 5.82 Å². The summed E-state index contributed by atoms with van der Waals surface area (Å²) < 4.78 is 47.6. The first-order valence-electron chi connectivity index (χ1n) is 10.2. The molecule has 0 saturated carbocycles. The van der Waals surface area contributed by atoms with E-state index in [1.807, 2.05) is 30.3 Å². The fraction of sp³-hybridized carbons (Fsp3) is 0.0385. The fourth-order valence-corrected chi connectivity index (χ4v) is 5.11. The second-order valence-electron chi connectivity index (χ2n) is 7.30. The Labute approximate surface area is 202 Å². The Hall–Kier alpha value is -3.68. The highest BCUT2D eigenvalue weighted by Gasteiger charge is 2.28. The molecule has 4 aromatic carbocycles. The zero-order chi connectivity index (χ0) is 24.1. The standard InChI is InChI=1S/C26H19ClFNO4S/c27-22-13-4-6-15-24(22)29(18-19-9-2-1-3-10-19)34(31,32)21-12-8-11-20(17-21)26(30)33-25-16-7-5-14-23(25)28/h1-17H,18H2. The van der Waals surface area contributed by atoms with Crippen LogP contribution >= 0.6 is 11.6 Å². The van der Waals surface area contributed by atoms with E-state index in [9.17, 15) is 17.6 Å². The maximum absolute atomic E-state index is 13.9. The van der Waals surface area contributed by atoms with Gasteiger partial charge in [-0.25, -0.2) is 17.6 Å². The van der Waals surface area contributed by atoms with Crippen LogP contribution in [0.1, 0.15) is 15.9 Å². The fourth-order valence-electron chi connectivity index (χ4n) is 3.30. The zero-order valence-electron chi connectivity index (χ0n) is 17.8. The van der Waals surface area contributed by atoms with Crippen molar-refractivity contribution in [2.24, 2.45) is 0 Å². The van der Waals surface area contributed by atoms with Crippen LogP contribution in [0.5, 0.6) is 5.75 Å². The lowest BCUT2D eigenvalue weighted by Crippen LogP contribution is -2.31. The molecule has 0 aliphatic rings. The van der Waals surface area contributed by atoms with E-state index in [4.69, 9.17) is 16.3 Å². The van der Waals surface area contributed by atoms with Gasteiger partial charge < -0.3 is 4.74 Å². The first-order valence-corrected chi connectivity index (χ1v) is 12.1. The summed E-state index contributed by atoms with van der Waals surface area (Å²) >= 11 is 6.35. The first kappa shape index (κ1) is 23.5. The molecule has 4 rings (SSSR count). The number of carbonyl (C=O) groups excluding carboxylic acids is 1. The highest BCUT2D eigenvalue weighted by atomic mass is 35.5. The van der Waals surface area contributed by atoms with Crippen LogP contribution in [0.3, 0.4) is 0 Å². The van der Waals surface area contributed by atoms with Crippen molar-refractivity contribution in [1.29, 1.82) is 0 Å². The van der Waals surface area contributed by atoms with Crippen LogP contribution < -0.4 is 9.04 Å². The minimum absolute atomic E-state index is 0.0246. The molecule has 0 radical (unpaired) electrons. The lowest BCUT2D eigenvalue weighted by molar-refractivity contribution is 0.0727. The predicted molar refractivity (Wildman–Crippen MR) is 129 cm³/mol. The SMILES string of the molecule is O=C(Oc1ccccc1F)c1cccc(S(=O)(=O)N(Cc2ccccc2)c2ccccc2Cl)c1. The molecule has 0 fully saturated rings. The van der Waals surface area contributed by atoms with E-state index in [1.54, 1.807) is 24.3 Å². The Morgan fingerprint density at radius 2 is 1.53 bits per heavy atom. The van der Waals surface area contributed by atoms with Crippen LogP contribution in [-0.4, -0.2) is 14.4 Å². The molecule has 0 N–H and O–H groups in total. The topological polar surface area (TPSA) is 63.7 Å². The van der Waals surface area contributed by atoms with Gasteiger partial charge in [0.05, 0.1) is 27.7 Å². The molecule has 34 heavy (non-hydrogen) atoms. The summed E-state index contributed by atoms with van der Waals surface area (Å²) in [6.07, 6.45) is 0. The van der Waals surface area contributed by atoms with E-state index >= 15 is 0 Å². The molecule has 172 valence electrons. The lowest BCUT2D eigenvalue weighted by atomic mass is 10.2. The molecule has 0 saturated heterocycles. The van der Waals surface area contributed by atoms with Crippen LogP contribution in [-0.2, 0) is 16.6 Å². The summed E-state index contributed by atoms with van der Waals surface area (Å²) in [5.41, 5.74) is 1.01. The molecule has 0 spiro atoms. The normalized spacial score (nSPS) is 11.1. The molecule has 0 aliphatic carbocycles. The van der Waals surface area contributed by atoms with E-state index in [-0.39, 0.29) is 27.8 Å². The number of benzene rings is 4. The van der Waals surface area contributed by atoms with Gasteiger partial charge in [-0.1, -0.05) is 72.3 Å². The molecule has 8 heteroatoms. The van der Waals surface area contributed by atoms with E-state index in [0.29, 0.717) is 5.69 Å². The Kier molecular flexibility index (Phi) is 6.95. The van der Waals surface area contributed by atoms with E-state index in [2.05, 4.69) is 0 Å². The quantitative estimate of drug-likeness (QED) is 0.230. The Morgan fingerprint density at radius 3 is 2.26 bits per heavy atom. The number of carbonyl (C=O) groups is 1. The monoisotopic (exact) mass is 495 g/mol. The summed E-state index contributed by atoms with van der Waals surface area (Å²) in [6.45, 7) is 0.0246. The second-order valence-corrected chi connectivity index (χ2v) is 9.57. The third-order valence-corrected chi connectivity index (χ3v) is 7.06. The zero-order valence-corrected chi connectivity index (χ0v) is 19.3. The first-order chi connectivity index (χ1) is 16.4. The number of para-hydroxylation sites is 2. The number of anilines is 1. The number of esters is 1. The van der Waals surface area contributed by atoms with Crippen molar-refractivity contribution >= 4 is 33.3 Å². The number of sulfonamides is 1. The van der Waals surface area contributed by atoms with E-state index in [0.717, 1.165) is 11.6 Å². The van der Waals surface area contributed by atoms with Crippen molar-refractivity contribution in [1.82, 2.24) is 0 Å². The van der Waals surface area contributed by atoms with Gasteiger partial charge in [-0.2, -0.15) is 0 Å². The van der Waals surface area contributed by atoms with Crippen LogP contribution in [0.4, 0.5) is 10.1 Å². The van der Waals surface area contributed by atoms with E-state index < -0.39 is 21.8 Å². The molecule has 0 aliphatic heterocycles. The minimum Gasteiger partial charge on any atom is -0.420 e. The van der Waals surface area contributed by atoms with Gasteiger partial charge in [0.2, 0.25) is 0 Å². The molecule has 0 amide bonds. The lowest BCUT2D eigenvalue weighted by Gasteiger charge is -2.25. The van der Waals surface area contributed by atoms with Crippen LogP contribution in [0.25, 0.3) is 0 Å². The van der Waals surface area contributed by atoms with Gasteiger partial charge in [0.25, 0.3) is 10.0 Å². The van der Waals surface area contributed by atoms with Gasteiger partial charge in [0.1, 0.15) is 0 Å². The average Bonchev–Trinajstić information content (AvgIpc) is 2.85. The van der Waals surface area contributed by atoms with Gasteiger partial charge in [-0.15, -0.1) is 0 Å². The molecular formula is C26H19ClFNO4S. The summed E-state index contributed by atoms with van der Waals surface area (Å²) in [7, 11) is -4.14. The van der Waals surface area contributed by atoms with Gasteiger partial charge in [-0.3, -0.25) is 4.31 Å². The summed E-state index contributed by atoms with van der Waals surface area (Å²) in [6, 6.07) is 26.6. The number of halogens is 2. The highest BCUT2D eigenvalue weighted by molar-refractivity contribution is 7.92. The number of hydrogen-bond acceptors (Lipinski definition) is 4. The van der Waals surface area contributed by atoms with Crippen molar-refractivity contribution in [2.75, 3.05) is 4.31 Å². The summed E-state index contributed by atoms with van der Waals surface area (Å²) in [5.74, 6) is -1.83. The highest BCUT2D eigenvalue weighted by Crippen LogP contribution is 2.32. The Bertz CT molecular complexity index is 1430. The number of ether oxygens (including phenoxy) is 1.